The maximum Gasteiger partial charge on any atom is 0.317 e. The van der Waals surface area contributed by atoms with Gasteiger partial charge in [-0.15, -0.1) is 0 Å². The number of nitrogens with two attached hydrogens (primary N) is 1. The summed E-state index contributed by atoms with van der Waals surface area (Å²) in [5, 5.41) is 2.68. The lowest BCUT2D eigenvalue weighted by Gasteiger charge is -2.35. The summed E-state index contributed by atoms with van der Waals surface area (Å²) in [5.41, 5.74) is 5.83. The van der Waals surface area contributed by atoms with Gasteiger partial charge in [0.15, 0.2) is 0 Å². The van der Waals surface area contributed by atoms with E-state index in [0.29, 0.717) is 12.1 Å². The third-order valence-corrected chi connectivity index (χ3v) is 3.00. The summed E-state index contributed by atoms with van der Waals surface area (Å²) in [6.07, 6.45) is 4.17. The fourth-order valence-corrected chi connectivity index (χ4v) is 2.12. The van der Waals surface area contributed by atoms with Gasteiger partial charge in [0.2, 0.25) is 0 Å². The number of urea groups is 1. The Balaban J connectivity index is 2.48. The summed E-state index contributed by atoms with van der Waals surface area (Å²) in [7, 11) is 1.68. The Morgan fingerprint density at radius 3 is 2.43 bits per heavy atom. The van der Waals surface area contributed by atoms with Crippen molar-refractivity contribution in [2.75, 3.05) is 13.6 Å². The monoisotopic (exact) mass is 199 g/mol. The molecule has 0 aliphatic heterocycles. The van der Waals surface area contributed by atoms with Crippen LogP contribution in [0.1, 0.15) is 32.6 Å². The van der Waals surface area contributed by atoms with Gasteiger partial charge in [0.05, 0.1) is 0 Å². The van der Waals surface area contributed by atoms with Crippen molar-refractivity contribution in [3.63, 3.8) is 0 Å². The highest BCUT2D eigenvalue weighted by molar-refractivity contribution is 5.74. The van der Waals surface area contributed by atoms with Gasteiger partial charge < -0.3 is 16.0 Å². The quantitative estimate of drug-likeness (QED) is 0.694. The molecule has 4 nitrogen and oxygen atoms in total. The van der Waals surface area contributed by atoms with Gasteiger partial charge in [-0.2, -0.15) is 0 Å². The molecule has 4 heteroatoms. The molecule has 14 heavy (non-hydrogen) atoms. The third-order valence-electron chi connectivity index (χ3n) is 3.00. The first kappa shape index (κ1) is 11.3. The first-order chi connectivity index (χ1) is 6.69. The summed E-state index contributed by atoms with van der Waals surface area (Å²) < 4.78 is 0. The van der Waals surface area contributed by atoms with Crippen molar-refractivity contribution < 1.29 is 4.79 Å². The summed E-state index contributed by atoms with van der Waals surface area (Å²) in [4.78, 5) is 13.4. The van der Waals surface area contributed by atoms with Crippen molar-refractivity contribution in [1.29, 1.82) is 0 Å². The van der Waals surface area contributed by atoms with E-state index in [1.165, 1.54) is 0 Å². The molecule has 0 spiro atoms. The molecule has 1 aliphatic carbocycles. The molecule has 1 rings (SSSR count). The average molecular weight is 199 g/mol. The minimum absolute atomic E-state index is 0.0352. The van der Waals surface area contributed by atoms with E-state index in [4.69, 9.17) is 5.73 Å². The van der Waals surface area contributed by atoms with Crippen LogP contribution in [-0.4, -0.2) is 36.6 Å². The molecule has 3 N–H and O–H groups in total. The maximum atomic E-state index is 11.5. The molecular weight excluding hydrogens is 178 g/mol. The van der Waals surface area contributed by atoms with Crippen LogP contribution in [0.15, 0.2) is 0 Å². The van der Waals surface area contributed by atoms with Gasteiger partial charge in [0, 0.05) is 25.7 Å². The second-order valence-electron chi connectivity index (χ2n) is 3.91. The first-order valence-corrected chi connectivity index (χ1v) is 5.43. The number of rotatable bonds is 2. The molecule has 0 radical (unpaired) electrons. The Morgan fingerprint density at radius 1 is 1.43 bits per heavy atom. The van der Waals surface area contributed by atoms with E-state index in [2.05, 4.69) is 5.32 Å². The first-order valence-electron chi connectivity index (χ1n) is 5.43. The smallest absolute Gasteiger partial charge is 0.317 e. The lowest BCUT2D eigenvalue weighted by Crippen LogP contribution is -2.47. The van der Waals surface area contributed by atoms with E-state index in [1.54, 1.807) is 7.05 Å². The molecule has 0 aromatic rings. The summed E-state index contributed by atoms with van der Waals surface area (Å²) in [6.45, 7) is 2.79. The predicted molar refractivity (Wildman–Crippen MR) is 57.1 cm³/mol. The van der Waals surface area contributed by atoms with E-state index >= 15 is 0 Å². The number of amides is 2. The molecule has 82 valence electrons. The van der Waals surface area contributed by atoms with Crippen molar-refractivity contribution in [3.05, 3.63) is 0 Å². The number of nitrogens with one attached hydrogen (secondary N) is 1. The van der Waals surface area contributed by atoms with Crippen molar-refractivity contribution >= 4 is 6.03 Å². The van der Waals surface area contributed by atoms with Crippen LogP contribution in [0.2, 0.25) is 0 Å². The zero-order valence-corrected chi connectivity index (χ0v) is 9.12. The van der Waals surface area contributed by atoms with E-state index in [1.807, 2.05) is 11.8 Å². The molecule has 0 atom stereocenters. The molecule has 0 bridgehead atoms. The number of hydrogen-bond acceptors (Lipinski definition) is 2. The topological polar surface area (TPSA) is 58.4 Å². The van der Waals surface area contributed by atoms with E-state index < -0.39 is 0 Å². The van der Waals surface area contributed by atoms with Crippen LogP contribution < -0.4 is 11.1 Å². The number of nitrogens with zero attached hydrogens (tertiary/aromatic N) is 1. The fraction of sp³-hybridized carbons (Fsp3) is 0.900. The molecule has 2 amide bonds. The molecule has 0 heterocycles. The Bertz CT molecular complexity index is 188. The van der Waals surface area contributed by atoms with Gasteiger partial charge in [-0.05, 0) is 32.6 Å². The minimum atomic E-state index is 0.0352. The van der Waals surface area contributed by atoms with Crippen LogP contribution in [0.5, 0.6) is 0 Å². The molecule has 1 fully saturated rings. The second kappa shape index (κ2) is 5.20. The predicted octanol–water partition coefficient (Wildman–Crippen LogP) is 0.918. The summed E-state index contributed by atoms with van der Waals surface area (Å²) >= 11 is 0. The van der Waals surface area contributed by atoms with Crippen LogP contribution in [0, 0.1) is 0 Å². The minimum Gasteiger partial charge on any atom is -0.341 e. The molecular formula is C10H21N3O. The number of hydrogen-bond donors (Lipinski definition) is 2. The van der Waals surface area contributed by atoms with Crippen molar-refractivity contribution in [2.45, 2.75) is 44.7 Å². The molecule has 0 aromatic heterocycles. The highest BCUT2D eigenvalue weighted by Crippen LogP contribution is 2.21. The zero-order valence-electron chi connectivity index (χ0n) is 9.12. The standard InChI is InChI=1S/C10H21N3O/c1-3-13(10(14)12-2)9-6-4-8(11)5-7-9/h8-9H,3-7,11H2,1-2H3,(H,12,14). The Labute approximate surface area is 85.8 Å². The number of carbonyl (C=O) groups is 1. The highest BCUT2D eigenvalue weighted by Gasteiger charge is 2.25. The van der Waals surface area contributed by atoms with Crippen molar-refractivity contribution in [1.82, 2.24) is 10.2 Å². The van der Waals surface area contributed by atoms with Crippen molar-refractivity contribution in [3.8, 4) is 0 Å². The van der Waals surface area contributed by atoms with Gasteiger partial charge in [0.1, 0.15) is 0 Å². The molecule has 1 aliphatic rings. The van der Waals surface area contributed by atoms with Crippen LogP contribution in [0.3, 0.4) is 0 Å². The normalized spacial score (nSPS) is 27.1. The third kappa shape index (κ3) is 2.61. The number of carbonyl (C=O) groups excluding carboxylic acids is 1. The fourth-order valence-electron chi connectivity index (χ4n) is 2.12. The van der Waals surface area contributed by atoms with Gasteiger partial charge in [-0.25, -0.2) is 4.79 Å². The van der Waals surface area contributed by atoms with Gasteiger partial charge in [-0.1, -0.05) is 0 Å². The van der Waals surface area contributed by atoms with Gasteiger partial charge in [0.25, 0.3) is 0 Å². The Kier molecular flexibility index (Phi) is 4.20. The molecule has 0 unspecified atom stereocenters. The van der Waals surface area contributed by atoms with Crippen LogP contribution in [0.25, 0.3) is 0 Å². The van der Waals surface area contributed by atoms with E-state index in [0.717, 1.165) is 32.2 Å². The summed E-state index contributed by atoms with van der Waals surface area (Å²) in [5.74, 6) is 0. The van der Waals surface area contributed by atoms with Gasteiger partial charge >= 0.3 is 6.03 Å². The molecule has 1 saturated carbocycles. The lowest BCUT2D eigenvalue weighted by atomic mass is 9.91. The molecule has 0 saturated heterocycles. The largest absolute Gasteiger partial charge is 0.341 e. The zero-order chi connectivity index (χ0) is 10.6. The van der Waals surface area contributed by atoms with E-state index in [9.17, 15) is 4.79 Å². The van der Waals surface area contributed by atoms with Crippen LogP contribution in [0.4, 0.5) is 4.79 Å². The highest BCUT2D eigenvalue weighted by atomic mass is 16.2. The van der Waals surface area contributed by atoms with E-state index in [-0.39, 0.29) is 6.03 Å². The molecule has 0 aromatic carbocycles. The summed E-state index contributed by atoms with van der Waals surface area (Å²) in [6, 6.07) is 0.766. The Morgan fingerprint density at radius 2 is 2.00 bits per heavy atom. The average Bonchev–Trinajstić information content (AvgIpc) is 2.21. The van der Waals surface area contributed by atoms with Crippen LogP contribution in [-0.2, 0) is 0 Å². The second-order valence-corrected chi connectivity index (χ2v) is 3.91. The van der Waals surface area contributed by atoms with Crippen molar-refractivity contribution in [2.24, 2.45) is 5.73 Å². The SMILES string of the molecule is CCN(C(=O)NC)C1CCC(N)CC1. The Hall–Kier alpha value is -0.770. The lowest BCUT2D eigenvalue weighted by molar-refractivity contribution is 0.158. The van der Waals surface area contributed by atoms with Crippen LogP contribution >= 0.6 is 0 Å². The van der Waals surface area contributed by atoms with Gasteiger partial charge in [-0.3, -0.25) is 0 Å². The maximum absolute atomic E-state index is 11.5.